The molecule has 0 bridgehead atoms. The number of benzene rings is 1. The van der Waals surface area contributed by atoms with Crippen molar-refractivity contribution in [2.75, 3.05) is 18.5 Å². The standard InChI is InChI=1S/C10H14N2O4/c1-7-4-9(12(15)16)2-3-10(7)11-8(5-13)6-14/h2-4,8,11,13-14H,5-6H2,1H3. The van der Waals surface area contributed by atoms with Crippen LogP contribution < -0.4 is 5.32 Å². The van der Waals surface area contributed by atoms with Gasteiger partial charge in [-0.05, 0) is 18.6 Å². The second-order valence-electron chi connectivity index (χ2n) is 3.46. The van der Waals surface area contributed by atoms with E-state index in [0.29, 0.717) is 11.3 Å². The van der Waals surface area contributed by atoms with Crippen molar-refractivity contribution in [3.8, 4) is 0 Å². The van der Waals surface area contributed by atoms with Gasteiger partial charge in [0.05, 0.1) is 24.2 Å². The summed E-state index contributed by atoms with van der Waals surface area (Å²) >= 11 is 0. The average molecular weight is 226 g/mol. The lowest BCUT2D eigenvalue weighted by molar-refractivity contribution is -0.384. The van der Waals surface area contributed by atoms with Gasteiger partial charge in [-0.1, -0.05) is 0 Å². The topological polar surface area (TPSA) is 95.6 Å². The Morgan fingerprint density at radius 2 is 2.06 bits per heavy atom. The monoisotopic (exact) mass is 226 g/mol. The van der Waals surface area contributed by atoms with E-state index in [4.69, 9.17) is 10.2 Å². The summed E-state index contributed by atoms with van der Waals surface area (Å²) in [6, 6.07) is 3.92. The van der Waals surface area contributed by atoms with E-state index >= 15 is 0 Å². The van der Waals surface area contributed by atoms with Crippen molar-refractivity contribution < 1.29 is 15.1 Å². The highest BCUT2D eigenvalue weighted by Crippen LogP contribution is 2.21. The van der Waals surface area contributed by atoms with Gasteiger partial charge in [-0.15, -0.1) is 0 Å². The molecule has 6 heteroatoms. The molecular formula is C10H14N2O4. The first-order valence-electron chi connectivity index (χ1n) is 4.81. The largest absolute Gasteiger partial charge is 0.394 e. The maximum Gasteiger partial charge on any atom is 0.269 e. The summed E-state index contributed by atoms with van der Waals surface area (Å²) in [5.74, 6) is 0. The molecule has 6 nitrogen and oxygen atoms in total. The van der Waals surface area contributed by atoms with Gasteiger partial charge in [-0.25, -0.2) is 0 Å². The summed E-state index contributed by atoms with van der Waals surface area (Å²) in [7, 11) is 0. The van der Waals surface area contributed by atoms with Gasteiger partial charge in [0.15, 0.2) is 0 Å². The van der Waals surface area contributed by atoms with Gasteiger partial charge in [0.25, 0.3) is 5.69 Å². The van der Waals surface area contributed by atoms with E-state index in [-0.39, 0.29) is 18.9 Å². The van der Waals surface area contributed by atoms with Crippen LogP contribution in [0, 0.1) is 17.0 Å². The van der Waals surface area contributed by atoms with Crippen molar-refractivity contribution >= 4 is 11.4 Å². The van der Waals surface area contributed by atoms with E-state index in [1.54, 1.807) is 13.0 Å². The summed E-state index contributed by atoms with van der Waals surface area (Å²) in [4.78, 5) is 10.0. The normalized spacial score (nSPS) is 10.5. The number of anilines is 1. The van der Waals surface area contributed by atoms with E-state index in [1.807, 2.05) is 0 Å². The minimum absolute atomic E-state index is 0.0209. The van der Waals surface area contributed by atoms with Crippen molar-refractivity contribution in [1.82, 2.24) is 0 Å². The van der Waals surface area contributed by atoms with Crippen LogP contribution in [0.4, 0.5) is 11.4 Å². The maximum atomic E-state index is 10.5. The summed E-state index contributed by atoms with van der Waals surface area (Å²) in [6.45, 7) is 1.32. The third-order valence-electron chi connectivity index (χ3n) is 2.22. The molecule has 0 spiro atoms. The van der Waals surface area contributed by atoms with Gasteiger partial charge in [0.2, 0.25) is 0 Å². The molecule has 0 heterocycles. The van der Waals surface area contributed by atoms with Crippen LogP contribution in [0.2, 0.25) is 0 Å². The molecule has 16 heavy (non-hydrogen) atoms. The first-order valence-corrected chi connectivity index (χ1v) is 4.81. The van der Waals surface area contributed by atoms with Gasteiger partial charge in [0.1, 0.15) is 0 Å². The molecule has 0 saturated carbocycles. The molecule has 3 N–H and O–H groups in total. The number of aliphatic hydroxyl groups excluding tert-OH is 2. The second kappa shape index (κ2) is 5.43. The summed E-state index contributed by atoms with van der Waals surface area (Å²) in [6.07, 6.45) is 0. The summed E-state index contributed by atoms with van der Waals surface area (Å²) < 4.78 is 0. The number of nitro groups is 1. The lowest BCUT2D eigenvalue weighted by Crippen LogP contribution is -2.27. The fourth-order valence-corrected chi connectivity index (χ4v) is 1.29. The van der Waals surface area contributed by atoms with Crippen LogP contribution in [0.3, 0.4) is 0 Å². The molecule has 0 amide bonds. The van der Waals surface area contributed by atoms with E-state index in [2.05, 4.69) is 5.32 Å². The van der Waals surface area contributed by atoms with E-state index in [9.17, 15) is 10.1 Å². The van der Waals surface area contributed by atoms with Gasteiger partial charge in [-0.2, -0.15) is 0 Å². The van der Waals surface area contributed by atoms with Gasteiger partial charge in [-0.3, -0.25) is 10.1 Å². The lowest BCUT2D eigenvalue weighted by atomic mass is 10.1. The number of rotatable bonds is 5. The quantitative estimate of drug-likeness (QED) is 0.506. The van der Waals surface area contributed by atoms with Crippen molar-refractivity contribution in [2.45, 2.75) is 13.0 Å². The molecule has 0 radical (unpaired) electrons. The molecule has 0 aromatic heterocycles. The predicted molar refractivity (Wildman–Crippen MR) is 59.4 cm³/mol. The van der Waals surface area contributed by atoms with Crippen LogP contribution in [-0.2, 0) is 0 Å². The number of aliphatic hydroxyl groups is 2. The Hall–Kier alpha value is -1.66. The Bertz CT molecular complexity index is 377. The van der Waals surface area contributed by atoms with Crippen molar-refractivity contribution in [3.05, 3.63) is 33.9 Å². The minimum atomic E-state index is -0.466. The Labute approximate surface area is 92.7 Å². The van der Waals surface area contributed by atoms with Crippen LogP contribution in [-0.4, -0.2) is 34.4 Å². The molecule has 0 fully saturated rings. The number of hydrogen-bond acceptors (Lipinski definition) is 5. The molecule has 0 atom stereocenters. The highest BCUT2D eigenvalue weighted by Gasteiger charge is 2.10. The zero-order valence-electron chi connectivity index (χ0n) is 8.88. The van der Waals surface area contributed by atoms with E-state index in [1.165, 1.54) is 12.1 Å². The van der Waals surface area contributed by atoms with Crippen LogP contribution in [0.5, 0.6) is 0 Å². The molecule has 1 aromatic rings. The van der Waals surface area contributed by atoms with Crippen LogP contribution in [0.25, 0.3) is 0 Å². The molecule has 1 rings (SSSR count). The smallest absolute Gasteiger partial charge is 0.269 e. The zero-order valence-corrected chi connectivity index (χ0v) is 8.88. The summed E-state index contributed by atoms with van der Waals surface area (Å²) in [5.41, 5.74) is 1.38. The minimum Gasteiger partial charge on any atom is -0.394 e. The molecule has 0 saturated heterocycles. The second-order valence-corrected chi connectivity index (χ2v) is 3.46. The van der Waals surface area contributed by atoms with Crippen molar-refractivity contribution in [2.24, 2.45) is 0 Å². The van der Waals surface area contributed by atoms with Crippen LogP contribution in [0.15, 0.2) is 18.2 Å². The highest BCUT2D eigenvalue weighted by atomic mass is 16.6. The van der Waals surface area contributed by atoms with Crippen molar-refractivity contribution in [3.63, 3.8) is 0 Å². The van der Waals surface area contributed by atoms with Crippen molar-refractivity contribution in [1.29, 1.82) is 0 Å². The SMILES string of the molecule is Cc1cc([N+](=O)[O-])ccc1NC(CO)CO. The van der Waals surface area contributed by atoms with Gasteiger partial charge in [0, 0.05) is 17.8 Å². The van der Waals surface area contributed by atoms with E-state index < -0.39 is 11.0 Å². The Balaban J connectivity index is 2.86. The van der Waals surface area contributed by atoms with E-state index in [0.717, 1.165) is 0 Å². The number of nitrogens with zero attached hydrogens (tertiary/aromatic N) is 1. The molecule has 0 aliphatic carbocycles. The molecule has 0 aliphatic heterocycles. The van der Waals surface area contributed by atoms with Crippen LogP contribution in [0.1, 0.15) is 5.56 Å². The molecule has 0 aliphatic rings. The fourth-order valence-electron chi connectivity index (χ4n) is 1.29. The van der Waals surface area contributed by atoms with Gasteiger partial charge >= 0.3 is 0 Å². The number of aryl methyl sites for hydroxylation is 1. The number of nitro benzene ring substituents is 1. The Kier molecular flexibility index (Phi) is 4.21. The van der Waals surface area contributed by atoms with Crippen LogP contribution >= 0.6 is 0 Å². The first-order chi connectivity index (χ1) is 7.58. The first kappa shape index (κ1) is 12.4. The molecular weight excluding hydrogens is 212 g/mol. The Morgan fingerprint density at radius 3 is 2.50 bits per heavy atom. The fraction of sp³-hybridized carbons (Fsp3) is 0.400. The average Bonchev–Trinajstić information content (AvgIpc) is 2.27. The van der Waals surface area contributed by atoms with Gasteiger partial charge < -0.3 is 15.5 Å². The number of nitrogens with one attached hydrogen (secondary N) is 1. The number of non-ortho nitro benzene ring substituents is 1. The summed E-state index contributed by atoms with van der Waals surface area (Å²) in [5, 5.41) is 31.2. The third-order valence-corrected chi connectivity index (χ3v) is 2.22. The third kappa shape index (κ3) is 2.91. The highest BCUT2D eigenvalue weighted by molar-refractivity contribution is 5.55. The number of hydrogen-bond donors (Lipinski definition) is 3. The lowest BCUT2D eigenvalue weighted by Gasteiger charge is -2.16. The predicted octanol–water partition coefficient (Wildman–Crippen LogP) is 0.668. The molecule has 0 unspecified atom stereocenters. The zero-order chi connectivity index (χ0) is 12.1. The molecule has 88 valence electrons. The Morgan fingerprint density at radius 1 is 1.44 bits per heavy atom. The molecule has 1 aromatic carbocycles. The maximum absolute atomic E-state index is 10.5.